The number of nitrogens with zero attached hydrogens (tertiary/aromatic N) is 1. The van der Waals surface area contributed by atoms with Crippen LogP contribution >= 0.6 is 0 Å². The smallest absolute Gasteiger partial charge is 0.193 e. The molecular formula is C38H42NO3Pt-. The average molecular weight is 756 g/mol. The number of hydrogen-bond acceptors (Lipinski definition) is 4. The number of hydrogen-bond donors (Lipinski definition) is 1. The second kappa shape index (κ2) is 15.7. The second-order valence-electron chi connectivity index (χ2n) is 12.5. The van der Waals surface area contributed by atoms with Crippen LogP contribution in [-0.4, -0.2) is 21.7 Å². The first-order valence-electron chi connectivity index (χ1n) is 14.4. The molecule has 0 saturated carbocycles. The van der Waals surface area contributed by atoms with E-state index in [-0.39, 0.29) is 43.8 Å². The molecular weight excluding hydrogens is 714 g/mol. The van der Waals surface area contributed by atoms with E-state index in [9.17, 15) is 14.7 Å². The SMILES string of the molecule is CC(C)(C)C(=O)/C=C(\O)C(C)(C)C.CCCc1c[c-]c(-c2ccc(-c3ccc(C(=O)c4ccccc4)cc3)cn2)cc1.[Pt]. The maximum absolute atomic E-state index is 12.5. The summed E-state index contributed by atoms with van der Waals surface area (Å²) in [6.45, 7) is 13.3. The molecule has 0 saturated heterocycles. The molecule has 4 aromatic rings. The molecule has 43 heavy (non-hydrogen) atoms. The van der Waals surface area contributed by atoms with Gasteiger partial charge in [-0.3, -0.25) is 9.59 Å². The number of ketones is 2. The summed E-state index contributed by atoms with van der Waals surface area (Å²) < 4.78 is 0. The first-order valence-corrected chi connectivity index (χ1v) is 14.4. The monoisotopic (exact) mass is 755 g/mol. The average Bonchev–Trinajstić information content (AvgIpc) is 2.97. The minimum Gasteiger partial charge on any atom is -0.512 e. The quantitative estimate of drug-likeness (QED) is 0.0884. The molecule has 1 aromatic heterocycles. The van der Waals surface area contributed by atoms with Crippen LogP contribution in [0, 0.1) is 16.9 Å². The third-order valence-electron chi connectivity index (χ3n) is 6.75. The van der Waals surface area contributed by atoms with E-state index in [1.807, 2.05) is 108 Å². The van der Waals surface area contributed by atoms with Gasteiger partial charge in [0.05, 0.1) is 0 Å². The van der Waals surface area contributed by atoms with Gasteiger partial charge in [-0.25, -0.2) is 0 Å². The van der Waals surface area contributed by atoms with Crippen molar-refractivity contribution in [2.75, 3.05) is 0 Å². The summed E-state index contributed by atoms with van der Waals surface area (Å²) >= 11 is 0. The molecule has 0 amide bonds. The number of carbonyl (C=O) groups excluding carboxylic acids is 2. The van der Waals surface area contributed by atoms with Crippen LogP contribution < -0.4 is 0 Å². The summed E-state index contributed by atoms with van der Waals surface area (Å²) in [6.07, 6.45) is 5.42. The summed E-state index contributed by atoms with van der Waals surface area (Å²) in [5.74, 6) is 0.139. The summed E-state index contributed by atoms with van der Waals surface area (Å²) in [5.41, 5.74) is 5.90. The van der Waals surface area contributed by atoms with Gasteiger partial charge in [-0.1, -0.05) is 128 Å². The Morgan fingerprint density at radius 2 is 1.40 bits per heavy atom. The standard InChI is InChI=1S/C27H22NO.C11H20O2.Pt/c1-2-6-20-9-11-22(12-10-20)26-18-17-25(19-28-26)21-13-15-24(16-14-21)27(29)23-7-4-3-5-8-23;1-10(2,3)8(12)7-9(13)11(4,5)6;/h3-5,7-11,13-19H,2,6H2,1H3;7,12H,1-6H3;/q-1;;/b;8-7-;. The van der Waals surface area contributed by atoms with Gasteiger partial charge in [0.1, 0.15) is 5.76 Å². The normalized spacial score (nSPS) is 11.6. The minimum absolute atomic E-state index is 0. The number of aryl methyl sites for hydroxylation is 1. The van der Waals surface area contributed by atoms with Gasteiger partial charge in [0.25, 0.3) is 0 Å². The van der Waals surface area contributed by atoms with Gasteiger partial charge in [0.2, 0.25) is 0 Å². The van der Waals surface area contributed by atoms with Gasteiger partial charge < -0.3 is 10.1 Å². The molecule has 0 atom stereocenters. The molecule has 5 heteroatoms. The number of carbonyl (C=O) groups is 2. The molecule has 4 nitrogen and oxygen atoms in total. The van der Waals surface area contributed by atoms with Crippen molar-refractivity contribution in [2.45, 2.75) is 61.3 Å². The fourth-order valence-electron chi connectivity index (χ4n) is 3.91. The molecule has 0 spiro atoms. The van der Waals surface area contributed by atoms with Crippen molar-refractivity contribution >= 4 is 11.6 Å². The van der Waals surface area contributed by atoms with Crippen molar-refractivity contribution in [1.29, 1.82) is 0 Å². The van der Waals surface area contributed by atoms with E-state index in [2.05, 4.69) is 42.2 Å². The van der Waals surface area contributed by atoms with Gasteiger partial charge in [-0.2, -0.15) is 0 Å². The van der Waals surface area contributed by atoms with Gasteiger partial charge >= 0.3 is 0 Å². The van der Waals surface area contributed by atoms with Crippen LogP contribution in [0.5, 0.6) is 0 Å². The Labute approximate surface area is 271 Å². The fourth-order valence-corrected chi connectivity index (χ4v) is 3.91. The number of aromatic nitrogens is 1. The van der Waals surface area contributed by atoms with Crippen LogP contribution in [0.25, 0.3) is 22.4 Å². The number of aliphatic hydroxyl groups is 1. The summed E-state index contributed by atoms with van der Waals surface area (Å²) in [6, 6.07) is 30.7. The molecule has 0 fully saturated rings. The Hall–Kier alpha value is -3.62. The molecule has 3 aromatic carbocycles. The Morgan fingerprint density at radius 3 is 1.88 bits per heavy atom. The van der Waals surface area contributed by atoms with E-state index in [4.69, 9.17) is 0 Å². The Morgan fingerprint density at radius 1 is 0.791 bits per heavy atom. The number of aliphatic hydroxyl groups excluding tert-OH is 1. The zero-order chi connectivity index (χ0) is 30.9. The molecule has 0 unspecified atom stereocenters. The van der Waals surface area contributed by atoms with E-state index in [1.54, 1.807) is 0 Å². The molecule has 1 N–H and O–H groups in total. The summed E-state index contributed by atoms with van der Waals surface area (Å²) in [4.78, 5) is 28.6. The van der Waals surface area contributed by atoms with Gasteiger partial charge in [-0.05, 0) is 16.8 Å². The van der Waals surface area contributed by atoms with Gasteiger partial charge in [-0.15, -0.1) is 35.4 Å². The van der Waals surface area contributed by atoms with Crippen molar-refractivity contribution in [3.8, 4) is 22.4 Å². The molecule has 4 rings (SSSR count). The third kappa shape index (κ3) is 10.6. The number of benzene rings is 3. The number of pyridine rings is 1. The van der Waals surface area contributed by atoms with Crippen molar-refractivity contribution in [2.24, 2.45) is 10.8 Å². The maximum Gasteiger partial charge on any atom is 0.193 e. The Bertz CT molecular complexity index is 1490. The molecule has 0 aliphatic carbocycles. The van der Waals surface area contributed by atoms with E-state index in [0.717, 1.165) is 35.2 Å². The third-order valence-corrected chi connectivity index (χ3v) is 6.75. The van der Waals surface area contributed by atoms with Gasteiger partial charge in [0.15, 0.2) is 11.6 Å². The Kier molecular flexibility index (Phi) is 13.0. The van der Waals surface area contributed by atoms with Gasteiger partial charge in [0, 0.05) is 55.3 Å². The summed E-state index contributed by atoms with van der Waals surface area (Å²) in [7, 11) is 0. The van der Waals surface area contributed by atoms with Crippen LogP contribution in [0.3, 0.4) is 0 Å². The minimum atomic E-state index is -0.417. The van der Waals surface area contributed by atoms with E-state index < -0.39 is 5.41 Å². The molecule has 0 aliphatic heterocycles. The van der Waals surface area contributed by atoms with E-state index >= 15 is 0 Å². The first kappa shape index (κ1) is 35.6. The van der Waals surface area contributed by atoms with Crippen molar-refractivity contribution in [3.05, 3.63) is 126 Å². The van der Waals surface area contributed by atoms with Crippen LogP contribution in [0.15, 0.2) is 103 Å². The molecule has 1 heterocycles. The van der Waals surface area contributed by atoms with Crippen LogP contribution in [0.1, 0.15) is 76.4 Å². The number of rotatable bonds is 7. The molecule has 0 bridgehead atoms. The zero-order valence-corrected chi connectivity index (χ0v) is 28.5. The molecule has 0 aliphatic rings. The number of allylic oxidation sites excluding steroid dienone is 2. The first-order chi connectivity index (χ1) is 19.8. The van der Waals surface area contributed by atoms with Crippen LogP contribution in [-0.2, 0) is 32.3 Å². The maximum atomic E-state index is 12.5. The van der Waals surface area contributed by atoms with Crippen LogP contribution in [0.2, 0.25) is 0 Å². The van der Waals surface area contributed by atoms with Crippen molar-refractivity contribution < 1.29 is 35.8 Å². The van der Waals surface area contributed by atoms with E-state index in [0.29, 0.717) is 11.1 Å². The predicted octanol–water partition coefficient (Wildman–Crippen LogP) is 9.49. The predicted molar refractivity (Wildman–Crippen MR) is 172 cm³/mol. The molecule has 228 valence electrons. The van der Waals surface area contributed by atoms with Crippen LogP contribution in [0.4, 0.5) is 0 Å². The van der Waals surface area contributed by atoms with E-state index in [1.165, 1.54) is 11.6 Å². The zero-order valence-electron chi connectivity index (χ0n) is 26.2. The van der Waals surface area contributed by atoms with Crippen molar-refractivity contribution in [3.63, 3.8) is 0 Å². The van der Waals surface area contributed by atoms with Crippen molar-refractivity contribution in [1.82, 2.24) is 4.98 Å². The topological polar surface area (TPSA) is 67.3 Å². The molecule has 0 radical (unpaired) electrons. The second-order valence-corrected chi connectivity index (χ2v) is 12.5. The fraction of sp³-hybridized carbons (Fsp3) is 0.289. The largest absolute Gasteiger partial charge is 0.512 e. The summed E-state index contributed by atoms with van der Waals surface area (Å²) in [5, 5.41) is 9.56. The Balaban J connectivity index is 0.000000394.